The lowest BCUT2D eigenvalue weighted by atomic mass is 10.2. The predicted octanol–water partition coefficient (Wildman–Crippen LogP) is 0.350. The molecule has 0 atom stereocenters. The molecule has 1 aromatic carbocycles. The zero-order valence-electron chi connectivity index (χ0n) is 9.99. The van der Waals surface area contributed by atoms with Gasteiger partial charge >= 0.3 is 0 Å². The second-order valence-corrected chi connectivity index (χ2v) is 3.86. The number of rotatable bonds is 2. The van der Waals surface area contributed by atoms with Crippen LogP contribution in [0.5, 0.6) is 0 Å². The quantitative estimate of drug-likeness (QED) is 0.641. The van der Waals surface area contributed by atoms with E-state index >= 15 is 0 Å². The van der Waals surface area contributed by atoms with Gasteiger partial charge in [0.25, 0.3) is 5.91 Å². The molecule has 2 aromatic heterocycles. The Bertz CT molecular complexity index is 759. The normalized spacial score (nSPS) is 10.8. The fourth-order valence-corrected chi connectivity index (χ4v) is 1.76. The molecule has 3 aromatic rings. The summed E-state index contributed by atoms with van der Waals surface area (Å²) >= 11 is 0. The Kier molecular flexibility index (Phi) is 2.41. The topological polar surface area (TPSA) is 112 Å². The molecule has 0 spiro atoms. The number of carbonyl (C=O) groups is 1. The molecule has 3 rings (SSSR count). The Morgan fingerprint density at radius 1 is 1.32 bits per heavy atom. The van der Waals surface area contributed by atoms with Crippen LogP contribution in [0.3, 0.4) is 0 Å². The molecular weight excluding hydrogens is 248 g/mol. The molecule has 0 radical (unpaired) electrons. The molecule has 0 saturated heterocycles. The van der Waals surface area contributed by atoms with Crippen LogP contribution in [-0.4, -0.2) is 33.0 Å². The number of hydrogen-bond acceptors (Lipinski definition) is 6. The number of benzene rings is 1. The standard InChI is InChI=1S/C11H10N6O2/c1-13-11(18)7-4-5-17(14-7)8-3-2-6(12)9-10(8)16-19-15-9/h2-5H,12H2,1H3,(H,13,18). The number of hydrogen-bond donors (Lipinski definition) is 2. The third-order valence-corrected chi connectivity index (χ3v) is 2.72. The number of carbonyl (C=O) groups excluding carboxylic acids is 1. The first-order valence-electron chi connectivity index (χ1n) is 5.49. The van der Waals surface area contributed by atoms with Gasteiger partial charge in [-0.25, -0.2) is 9.31 Å². The first-order valence-corrected chi connectivity index (χ1v) is 5.49. The number of amides is 1. The van der Waals surface area contributed by atoms with E-state index in [-0.39, 0.29) is 5.91 Å². The maximum absolute atomic E-state index is 11.5. The summed E-state index contributed by atoms with van der Waals surface area (Å²) < 4.78 is 6.21. The largest absolute Gasteiger partial charge is 0.397 e. The average molecular weight is 258 g/mol. The Labute approximate surface area is 107 Å². The van der Waals surface area contributed by atoms with Crippen molar-refractivity contribution in [3.8, 4) is 5.69 Å². The van der Waals surface area contributed by atoms with Crippen LogP contribution in [0, 0.1) is 0 Å². The van der Waals surface area contributed by atoms with Gasteiger partial charge in [0.05, 0.1) is 11.4 Å². The highest BCUT2D eigenvalue weighted by Crippen LogP contribution is 2.23. The number of fused-ring (bicyclic) bond motifs is 1. The van der Waals surface area contributed by atoms with Gasteiger partial charge in [0.15, 0.2) is 16.7 Å². The van der Waals surface area contributed by atoms with E-state index in [0.717, 1.165) is 0 Å². The summed E-state index contributed by atoms with van der Waals surface area (Å²) in [6.07, 6.45) is 1.66. The van der Waals surface area contributed by atoms with Crippen LogP contribution < -0.4 is 11.1 Å². The van der Waals surface area contributed by atoms with Crippen molar-refractivity contribution in [2.75, 3.05) is 12.8 Å². The Morgan fingerprint density at radius 2 is 2.11 bits per heavy atom. The van der Waals surface area contributed by atoms with Crippen molar-refractivity contribution < 1.29 is 9.42 Å². The summed E-state index contributed by atoms with van der Waals surface area (Å²) in [5.74, 6) is -0.260. The van der Waals surface area contributed by atoms with E-state index in [2.05, 4.69) is 25.4 Å². The lowest BCUT2D eigenvalue weighted by molar-refractivity contribution is 0.0957. The Morgan fingerprint density at radius 3 is 2.89 bits per heavy atom. The lowest BCUT2D eigenvalue weighted by Gasteiger charge is -2.02. The average Bonchev–Trinajstić information content (AvgIpc) is 3.07. The summed E-state index contributed by atoms with van der Waals surface area (Å²) in [4.78, 5) is 11.5. The number of nitrogens with two attached hydrogens (primary N) is 1. The highest BCUT2D eigenvalue weighted by atomic mass is 16.6. The molecule has 19 heavy (non-hydrogen) atoms. The van der Waals surface area contributed by atoms with Gasteiger partial charge in [-0.15, -0.1) is 0 Å². The van der Waals surface area contributed by atoms with Crippen molar-refractivity contribution >= 4 is 22.6 Å². The van der Waals surface area contributed by atoms with Gasteiger partial charge in [0, 0.05) is 13.2 Å². The second kappa shape index (κ2) is 4.09. The van der Waals surface area contributed by atoms with Crippen molar-refractivity contribution in [2.24, 2.45) is 0 Å². The van der Waals surface area contributed by atoms with Gasteiger partial charge in [0.1, 0.15) is 0 Å². The smallest absolute Gasteiger partial charge is 0.271 e. The van der Waals surface area contributed by atoms with Crippen LogP contribution >= 0.6 is 0 Å². The molecule has 8 heteroatoms. The molecule has 0 aliphatic heterocycles. The van der Waals surface area contributed by atoms with E-state index in [0.29, 0.717) is 28.1 Å². The first-order chi connectivity index (χ1) is 9.20. The minimum Gasteiger partial charge on any atom is -0.397 e. The van der Waals surface area contributed by atoms with Crippen molar-refractivity contribution in [3.63, 3.8) is 0 Å². The maximum Gasteiger partial charge on any atom is 0.271 e. The molecule has 3 N–H and O–H groups in total. The summed E-state index contributed by atoms with van der Waals surface area (Å²) in [6, 6.07) is 5.03. The summed E-state index contributed by atoms with van der Waals surface area (Å²) in [5, 5.41) is 14.2. The number of anilines is 1. The molecule has 0 saturated carbocycles. The fourth-order valence-electron chi connectivity index (χ4n) is 1.76. The molecular formula is C11H10N6O2. The fraction of sp³-hybridized carbons (Fsp3) is 0.0909. The molecule has 0 aliphatic carbocycles. The van der Waals surface area contributed by atoms with E-state index < -0.39 is 0 Å². The summed E-state index contributed by atoms with van der Waals surface area (Å²) in [5.41, 5.74) is 8.15. The van der Waals surface area contributed by atoms with Gasteiger partial charge in [0.2, 0.25) is 0 Å². The highest BCUT2D eigenvalue weighted by molar-refractivity contribution is 5.93. The highest BCUT2D eigenvalue weighted by Gasteiger charge is 2.14. The van der Waals surface area contributed by atoms with Crippen molar-refractivity contribution in [1.82, 2.24) is 25.4 Å². The van der Waals surface area contributed by atoms with Gasteiger partial charge in [-0.2, -0.15) is 5.10 Å². The van der Waals surface area contributed by atoms with Gasteiger partial charge in [-0.05, 0) is 28.5 Å². The van der Waals surface area contributed by atoms with E-state index in [1.807, 2.05) is 0 Å². The summed E-state index contributed by atoms with van der Waals surface area (Å²) in [7, 11) is 1.55. The van der Waals surface area contributed by atoms with Crippen LogP contribution in [0.4, 0.5) is 5.69 Å². The molecule has 96 valence electrons. The van der Waals surface area contributed by atoms with Gasteiger partial charge in [-0.3, -0.25) is 4.79 Å². The van der Waals surface area contributed by atoms with Gasteiger partial charge in [-0.1, -0.05) is 0 Å². The van der Waals surface area contributed by atoms with Crippen molar-refractivity contribution in [3.05, 3.63) is 30.1 Å². The van der Waals surface area contributed by atoms with Crippen molar-refractivity contribution in [1.29, 1.82) is 0 Å². The van der Waals surface area contributed by atoms with Crippen LogP contribution in [0.1, 0.15) is 10.5 Å². The molecule has 1 amide bonds. The predicted molar refractivity (Wildman–Crippen MR) is 66.7 cm³/mol. The van der Waals surface area contributed by atoms with E-state index in [4.69, 9.17) is 5.73 Å². The molecule has 0 fully saturated rings. The number of nitrogen functional groups attached to an aromatic ring is 1. The minimum atomic E-state index is -0.260. The number of nitrogens with one attached hydrogen (secondary N) is 1. The van der Waals surface area contributed by atoms with Gasteiger partial charge < -0.3 is 11.1 Å². The van der Waals surface area contributed by atoms with Crippen LogP contribution in [-0.2, 0) is 0 Å². The molecule has 0 bridgehead atoms. The van der Waals surface area contributed by atoms with E-state index in [1.165, 1.54) is 4.68 Å². The molecule has 8 nitrogen and oxygen atoms in total. The second-order valence-electron chi connectivity index (χ2n) is 3.86. The zero-order valence-corrected chi connectivity index (χ0v) is 9.99. The monoisotopic (exact) mass is 258 g/mol. The first kappa shape index (κ1) is 11.2. The summed E-state index contributed by atoms with van der Waals surface area (Å²) in [6.45, 7) is 0. The lowest BCUT2D eigenvalue weighted by Crippen LogP contribution is -2.18. The number of nitrogens with zero attached hydrogens (tertiary/aromatic N) is 4. The molecule has 0 aliphatic rings. The minimum absolute atomic E-state index is 0.260. The van der Waals surface area contributed by atoms with Crippen LogP contribution in [0.25, 0.3) is 16.7 Å². The Balaban J connectivity index is 2.14. The van der Waals surface area contributed by atoms with E-state index in [1.54, 1.807) is 31.4 Å². The molecule has 2 heterocycles. The zero-order chi connectivity index (χ0) is 13.4. The van der Waals surface area contributed by atoms with Crippen molar-refractivity contribution in [2.45, 2.75) is 0 Å². The maximum atomic E-state index is 11.5. The SMILES string of the molecule is CNC(=O)c1ccn(-c2ccc(N)c3nonc23)n1. The third kappa shape index (κ3) is 1.69. The third-order valence-electron chi connectivity index (χ3n) is 2.72. The molecule has 0 unspecified atom stereocenters. The Hall–Kier alpha value is -2.90. The van der Waals surface area contributed by atoms with Crippen LogP contribution in [0.2, 0.25) is 0 Å². The van der Waals surface area contributed by atoms with Crippen LogP contribution in [0.15, 0.2) is 29.0 Å². The van der Waals surface area contributed by atoms with E-state index in [9.17, 15) is 4.79 Å². The number of aromatic nitrogens is 4.